The quantitative estimate of drug-likeness (QED) is 0.846. The Hall–Kier alpha value is -0.800. The van der Waals surface area contributed by atoms with E-state index in [0.717, 1.165) is 21.9 Å². The van der Waals surface area contributed by atoms with Gasteiger partial charge in [-0.15, -0.1) is 0 Å². The Bertz CT molecular complexity index is 432. The average Bonchev–Trinajstić information content (AvgIpc) is 2.21. The van der Waals surface area contributed by atoms with Gasteiger partial charge < -0.3 is 10.5 Å². The van der Waals surface area contributed by atoms with Crippen molar-refractivity contribution in [3.05, 3.63) is 28.3 Å². The summed E-state index contributed by atoms with van der Waals surface area (Å²) in [6.07, 6.45) is -0.273. The van der Waals surface area contributed by atoms with Crippen LogP contribution >= 0.6 is 23.8 Å². The van der Waals surface area contributed by atoms with Gasteiger partial charge in [0, 0.05) is 5.02 Å². The van der Waals surface area contributed by atoms with Gasteiger partial charge in [-0.05, 0) is 43.0 Å². The SMILES string of the molecule is Cc1cc(Cl)c(C(C)C)cc1OC(C)C(N)=S. The second-order valence-electron chi connectivity index (χ2n) is 4.46. The molecule has 1 unspecified atom stereocenters. The summed E-state index contributed by atoms with van der Waals surface area (Å²) in [6.45, 7) is 7.98. The molecule has 1 rings (SSSR count). The van der Waals surface area contributed by atoms with Crippen LogP contribution in [0.5, 0.6) is 5.75 Å². The minimum atomic E-state index is -0.273. The van der Waals surface area contributed by atoms with Gasteiger partial charge in [-0.25, -0.2) is 0 Å². The third-order valence-corrected chi connectivity index (χ3v) is 3.28. The van der Waals surface area contributed by atoms with Crippen LogP contribution in [0.3, 0.4) is 0 Å². The van der Waals surface area contributed by atoms with Crippen LogP contribution in [0.2, 0.25) is 5.02 Å². The van der Waals surface area contributed by atoms with Gasteiger partial charge in [0.05, 0.1) is 0 Å². The number of aryl methyl sites for hydroxylation is 1. The largest absolute Gasteiger partial charge is 0.483 e. The molecule has 94 valence electrons. The number of benzene rings is 1. The third-order valence-electron chi connectivity index (χ3n) is 2.62. The summed E-state index contributed by atoms with van der Waals surface area (Å²) in [4.78, 5) is 0.352. The lowest BCUT2D eigenvalue weighted by molar-refractivity contribution is 0.286. The summed E-state index contributed by atoms with van der Waals surface area (Å²) >= 11 is 11.1. The Kier molecular flexibility index (Phi) is 4.78. The van der Waals surface area contributed by atoms with E-state index in [2.05, 4.69) is 13.8 Å². The van der Waals surface area contributed by atoms with E-state index in [0.29, 0.717) is 10.9 Å². The Morgan fingerprint density at radius 3 is 2.41 bits per heavy atom. The molecule has 0 saturated carbocycles. The number of halogens is 1. The molecule has 0 radical (unpaired) electrons. The Labute approximate surface area is 113 Å². The van der Waals surface area contributed by atoms with Gasteiger partial charge in [0.15, 0.2) is 0 Å². The molecule has 0 heterocycles. The van der Waals surface area contributed by atoms with E-state index >= 15 is 0 Å². The molecule has 1 atom stereocenters. The van der Waals surface area contributed by atoms with Crippen LogP contribution in [0, 0.1) is 6.92 Å². The van der Waals surface area contributed by atoms with Crippen LogP contribution in [0.25, 0.3) is 0 Å². The first-order valence-corrected chi connectivity index (χ1v) is 6.37. The zero-order chi connectivity index (χ0) is 13.2. The smallest absolute Gasteiger partial charge is 0.145 e. The molecule has 2 N–H and O–H groups in total. The highest BCUT2D eigenvalue weighted by atomic mass is 35.5. The number of ether oxygens (including phenoxy) is 1. The molecule has 0 aliphatic rings. The molecule has 17 heavy (non-hydrogen) atoms. The van der Waals surface area contributed by atoms with Crippen LogP contribution in [0.1, 0.15) is 37.8 Å². The van der Waals surface area contributed by atoms with Gasteiger partial charge in [-0.2, -0.15) is 0 Å². The van der Waals surface area contributed by atoms with E-state index in [-0.39, 0.29) is 6.10 Å². The maximum Gasteiger partial charge on any atom is 0.145 e. The number of nitrogens with two attached hydrogens (primary N) is 1. The maximum atomic E-state index is 6.19. The summed E-state index contributed by atoms with van der Waals surface area (Å²) in [6, 6.07) is 3.88. The lowest BCUT2D eigenvalue weighted by Gasteiger charge is -2.18. The fraction of sp³-hybridized carbons (Fsp3) is 0.462. The standard InChI is InChI=1S/C13H18ClNOS/c1-7(2)10-6-12(8(3)5-11(10)14)16-9(4)13(15)17/h5-7,9H,1-4H3,(H2,15,17). The van der Waals surface area contributed by atoms with Crippen LogP contribution in [0.4, 0.5) is 0 Å². The molecule has 4 heteroatoms. The van der Waals surface area contributed by atoms with Gasteiger partial charge in [0.25, 0.3) is 0 Å². The Morgan fingerprint density at radius 2 is 1.94 bits per heavy atom. The van der Waals surface area contributed by atoms with Gasteiger partial charge in [0.2, 0.25) is 0 Å². The zero-order valence-electron chi connectivity index (χ0n) is 10.6. The number of rotatable bonds is 4. The van der Waals surface area contributed by atoms with Gasteiger partial charge in [0.1, 0.15) is 16.8 Å². The van der Waals surface area contributed by atoms with E-state index < -0.39 is 0 Å². The molecular formula is C13H18ClNOS. The Morgan fingerprint density at radius 1 is 1.35 bits per heavy atom. The molecule has 0 fully saturated rings. The molecule has 0 amide bonds. The summed E-state index contributed by atoms with van der Waals surface area (Å²) in [7, 11) is 0. The van der Waals surface area contributed by atoms with Crippen molar-refractivity contribution in [1.29, 1.82) is 0 Å². The van der Waals surface area contributed by atoms with Gasteiger partial charge >= 0.3 is 0 Å². The normalized spacial score (nSPS) is 12.6. The van der Waals surface area contributed by atoms with Crippen LogP contribution in [-0.4, -0.2) is 11.1 Å². The minimum Gasteiger partial charge on any atom is -0.483 e. The first kappa shape index (κ1) is 14.3. The fourth-order valence-electron chi connectivity index (χ4n) is 1.49. The summed E-state index contributed by atoms with van der Waals surface area (Å²) < 4.78 is 5.73. The second kappa shape index (κ2) is 5.69. The first-order valence-electron chi connectivity index (χ1n) is 5.59. The molecular weight excluding hydrogens is 254 g/mol. The molecule has 0 bridgehead atoms. The highest BCUT2D eigenvalue weighted by molar-refractivity contribution is 7.80. The number of hydrogen-bond acceptors (Lipinski definition) is 2. The highest BCUT2D eigenvalue weighted by Gasteiger charge is 2.13. The van der Waals surface area contributed by atoms with E-state index in [1.807, 2.05) is 26.0 Å². The van der Waals surface area contributed by atoms with E-state index in [1.54, 1.807) is 0 Å². The van der Waals surface area contributed by atoms with Crippen molar-refractivity contribution in [2.75, 3.05) is 0 Å². The van der Waals surface area contributed by atoms with Crippen LogP contribution in [0.15, 0.2) is 12.1 Å². The lowest BCUT2D eigenvalue weighted by Crippen LogP contribution is -2.29. The fourth-order valence-corrected chi connectivity index (χ4v) is 1.97. The van der Waals surface area contributed by atoms with Crippen LogP contribution < -0.4 is 10.5 Å². The molecule has 0 aliphatic carbocycles. The molecule has 1 aromatic carbocycles. The van der Waals surface area contributed by atoms with Crippen molar-refractivity contribution < 1.29 is 4.74 Å². The van der Waals surface area contributed by atoms with Gasteiger partial charge in [-0.1, -0.05) is 37.7 Å². The molecule has 2 nitrogen and oxygen atoms in total. The topological polar surface area (TPSA) is 35.2 Å². The van der Waals surface area contributed by atoms with Crippen molar-refractivity contribution in [3.8, 4) is 5.75 Å². The van der Waals surface area contributed by atoms with E-state index in [4.69, 9.17) is 34.3 Å². The minimum absolute atomic E-state index is 0.273. The predicted octanol–water partition coefficient (Wildman–Crippen LogP) is 3.83. The molecule has 0 aromatic heterocycles. The first-order chi connectivity index (χ1) is 7.82. The third kappa shape index (κ3) is 3.58. The zero-order valence-corrected chi connectivity index (χ0v) is 12.2. The molecule has 0 aliphatic heterocycles. The lowest BCUT2D eigenvalue weighted by atomic mass is 10.0. The highest BCUT2D eigenvalue weighted by Crippen LogP contribution is 2.31. The molecule has 0 saturated heterocycles. The average molecular weight is 272 g/mol. The van der Waals surface area contributed by atoms with Crippen LogP contribution in [-0.2, 0) is 0 Å². The predicted molar refractivity (Wildman–Crippen MR) is 77.2 cm³/mol. The summed E-state index contributed by atoms with van der Waals surface area (Å²) in [5, 5.41) is 0.771. The van der Waals surface area contributed by atoms with Crippen molar-refractivity contribution in [1.82, 2.24) is 0 Å². The molecule has 1 aromatic rings. The van der Waals surface area contributed by atoms with Crippen molar-refractivity contribution in [2.24, 2.45) is 5.73 Å². The monoisotopic (exact) mass is 271 g/mol. The van der Waals surface area contributed by atoms with E-state index in [9.17, 15) is 0 Å². The summed E-state index contributed by atoms with van der Waals surface area (Å²) in [5.41, 5.74) is 7.60. The van der Waals surface area contributed by atoms with Crippen molar-refractivity contribution >= 4 is 28.8 Å². The molecule has 0 spiro atoms. The second-order valence-corrected chi connectivity index (χ2v) is 5.33. The van der Waals surface area contributed by atoms with Gasteiger partial charge in [-0.3, -0.25) is 0 Å². The van der Waals surface area contributed by atoms with Crippen molar-refractivity contribution in [3.63, 3.8) is 0 Å². The number of hydrogen-bond donors (Lipinski definition) is 1. The number of thiocarbonyl (C=S) groups is 1. The Balaban J connectivity index is 3.07. The maximum absolute atomic E-state index is 6.19. The summed E-state index contributed by atoms with van der Waals surface area (Å²) in [5.74, 6) is 1.14. The van der Waals surface area contributed by atoms with E-state index in [1.165, 1.54) is 0 Å². The van der Waals surface area contributed by atoms with Crippen molar-refractivity contribution in [2.45, 2.75) is 39.7 Å².